The molecule has 1 saturated heterocycles. The Hall–Kier alpha value is -0.610. The van der Waals surface area contributed by atoms with Crippen molar-refractivity contribution >= 4 is 5.97 Å². The minimum Gasteiger partial charge on any atom is -0.480 e. The number of carboxylic acids is 1. The molecule has 1 rings (SSSR count). The number of hydrogen-bond donors (Lipinski definition) is 1. The molecule has 0 aromatic rings. The van der Waals surface area contributed by atoms with Crippen molar-refractivity contribution in [1.29, 1.82) is 0 Å². The molecule has 0 aromatic carbocycles. The van der Waals surface area contributed by atoms with Crippen LogP contribution in [0.1, 0.15) is 26.7 Å². The zero-order valence-electron chi connectivity index (χ0n) is 8.95. The minimum atomic E-state index is -0.841. The van der Waals surface area contributed by atoms with Crippen LogP contribution in [0, 0.1) is 0 Å². The van der Waals surface area contributed by atoms with Crippen LogP contribution >= 0.6 is 0 Å². The molecule has 1 aliphatic rings. The Balaban J connectivity index is 2.64. The molecule has 0 aromatic heterocycles. The molecule has 0 bridgehead atoms. The highest BCUT2D eigenvalue weighted by Gasteiger charge is 2.40. The lowest BCUT2D eigenvalue weighted by molar-refractivity contribution is -0.154. The molecule has 1 atom stereocenters. The number of aliphatic carboxylic acids is 1. The molecule has 14 heavy (non-hydrogen) atoms. The number of rotatable bonds is 5. The lowest BCUT2D eigenvalue weighted by Gasteiger charge is -2.34. The first-order valence-electron chi connectivity index (χ1n) is 5.17. The molecule has 0 aliphatic carbocycles. The van der Waals surface area contributed by atoms with Crippen LogP contribution in [0.25, 0.3) is 0 Å². The molecule has 1 unspecified atom stereocenters. The number of nitrogens with zero attached hydrogens (tertiary/aromatic N) is 1. The molecule has 1 N–H and O–H groups in total. The van der Waals surface area contributed by atoms with Gasteiger partial charge < -0.3 is 9.84 Å². The van der Waals surface area contributed by atoms with E-state index in [2.05, 4.69) is 0 Å². The summed E-state index contributed by atoms with van der Waals surface area (Å²) in [5, 5.41) is 9.20. The second-order valence-corrected chi connectivity index (χ2v) is 3.91. The van der Waals surface area contributed by atoms with Crippen LogP contribution < -0.4 is 0 Å². The number of carbonyl (C=O) groups is 1. The number of likely N-dealkylation sites (tertiary alicyclic amines) is 1. The van der Waals surface area contributed by atoms with Gasteiger partial charge in [0.2, 0.25) is 0 Å². The molecule has 4 heteroatoms. The molecule has 1 heterocycles. The quantitative estimate of drug-likeness (QED) is 0.720. The lowest BCUT2D eigenvalue weighted by atomic mass is 10.0. The van der Waals surface area contributed by atoms with Gasteiger partial charge in [0.1, 0.15) is 5.54 Å². The highest BCUT2D eigenvalue weighted by Crippen LogP contribution is 2.22. The highest BCUT2D eigenvalue weighted by atomic mass is 16.5. The summed E-state index contributed by atoms with van der Waals surface area (Å²) in [4.78, 5) is 13.2. The van der Waals surface area contributed by atoms with E-state index in [1.54, 1.807) is 6.92 Å². The molecule has 82 valence electrons. The molecule has 0 radical (unpaired) electrons. The van der Waals surface area contributed by atoms with E-state index in [1.807, 2.05) is 11.8 Å². The Bertz CT molecular complexity index is 202. The van der Waals surface area contributed by atoms with Crippen LogP contribution in [0.4, 0.5) is 0 Å². The maximum Gasteiger partial charge on any atom is 0.326 e. The predicted octanol–water partition coefficient (Wildman–Crippen LogP) is 0.962. The Labute approximate surface area is 84.8 Å². The van der Waals surface area contributed by atoms with Crippen molar-refractivity contribution < 1.29 is 14.6 Å². The lowest BCUT2D eigenvalue weighted by Crippen LogP contribution is -2.54. The Morgan fingerprint density at radius 2 is 2.07 bits per heavy atom. The van der Waals surface area contributed by atoms with E-state index < -0.39 is 11.5 Å². The van der Waals surface area contributed by atoms with Crippen molar-refractivity contribution in [3.63, 3.8) is 0 Å². The Morgan fingerprint density at radius 1 is 1.50 bits per heavy atom. The van der Waals surface area contributed by atoms with Crippen LogP contribution in [0.3, 0.4) is 0 Å². The van der Waals surface area contributed by atoms with Crippen LogP contribution in [-0.4, -0.2) is 47.8 Å². The summed E-state index contributed by atoms with van der Waals surface area (Å²) in [6.07, 6.45) is 2.18. The summed E-state index contributed by atoms with van der Waals surface area (Å²) < 4.78 is 5.25. The first kappa shape index (κ1) is 11.5. The van der Waals surface area contributed by atoms with Gasteiger partial charge in [-0.05, 0) is 39.8 Å². The van der Waals surface area contributed by atoms with Gasteiger partial charge in [0.15, 0.2) is 0 Å². The zero-order valence-corrected chi connectivity index (χ0v) is 8.95. The molecular formula is C10H19NO3. The molecule has 1 aliphatic heterocycles. The second-order valence-electron chi connectivity index (χ2n) is 3.91. The van der Waals surface area contributed by atoms with Crippen molar-refractivity contribution in [3.8, 4) is 0 Å². The topological polar surface area (TPSA) is 49.8 Å². The normalized spacial score (nSPS) is 22.1. The van der Waals surface area contributed by atoms with Crippen LogP contribution in [0.5, 0.6) is 0 Å². The van der Waals surface area contributed by atoms with Gasteiger partial charge >= 0.3 is 5.97 Å². The van der Waals surface area contributed by atoms with Crippen LogP contribution in [0.2, 0.25) is 0 Å². The van der Waals surface area contributed by atoms with Gasteiger partial charge in [0.25, 0.3) is 0 Å². The SMILES string of the molecule is CCOCC(C)(C(=O)O)N1CCCC1. The third-order valence-electron chi connectivity index (χ3n) is 2.85. The van der Waals surface area contributed by atoms with Gasteiger partial charge in [-0.25, -0.2) is 0 Å². The number of hydrogen-bond acceptors (Lipinski definition) is 3. The van der Waals surface area contributed by atoms with E-state index >= 15 is 0 Å². The van der Waals surface area contributed by atoms with E-state index in [0.717, 1.165) is 25.9 Å². The summed E-state index contributed by atoms with van der Waals surface area (Å²) in [5.74, 6) is -0.784. The molecule has 0 amide bonds. The van der Waals surface area contributed by atoms with Crippen molar-refractivity contribution in [2.24, 2.45) is 0 Å². The molecular weight excluding hydrogens is 182 g/mol. The second kappa shape index (κ2) is 4.75. The van der Waals surface area contributed by atoms with Gasteiger partial charge in [-0.15, -0.1) is 0 Å². The standard InChI is InChI=1S/C10H19NO3/c1-3-14-8-10(2,9(12)13)11-6-4-5-7-11/h3-8H2,1-2H3,(H,12,13). The fraction of sp³-hybridized carbons (Fsp3) is 0.900. The van der Waals surface area contributed by atoms with Gasteiger partial charge in [-0.1, -0.05) is 0 Å². The molecule has 4 nitrogen and oxygen atoms in total. The Kier molecular flexibility index (Phi) is 3.89. The predicted molar refractivity (Wildman–Crippen MR) is 53.3 cm³/mol. The highest BCUT2D eigenvalue weighted by molar-refractivity contribution is 5.78. The average molecular weight is 201 g/mol. The van der Waals surface area contributed by atoms with Gasteiger partial charge in [-0.3, -0.25) is 9.69 Å². The summed E-state index contributed by atoms with van der Waals surface area (Å²) in [5.41, 5.74) is -0.841. The smallest absolute Gasteiger partial charge is 0.326 e. The maximum atomic E-state index is 11.2. The van der Waals surface area contributed by atoms with Crippen molar-refractivity contribution in [3.05, 3.63) is 0 Å². The summed E-state index contributed by atoms with van der Waals surface area (Å²) >= 11 is 0. The molecule has 0 spiro atoms. The van der Waals surface area contributed by atoms with Gasteiger partial charge in [-0.2, -0.15) is 0 Å². The Morgan fingerprint density at radius 3 is 2.50 bits per heavy atom. The zero-order chi connectivity index (χ0) is 10.6. The number of ether oxygens (including phenoxy) is 1. The van der Waals surface area contributed by atoms with E-state index in [-0.39, 0.29) is 6.61 Å². The minimum absolute atomic E-state index is 0.277. The number of carboxylic acid groups (broad SMARTS) is 1. The van der Waals surface area contributed by atoms with Crippen molar-refractivity contribution in [2.45, 2.75) is 32.2 Å². The molecule has 1 fully saturated rings. The monoisotopic (exact) mass is 201 g/mol. The average Bonchev–Trinajstić information content (AvgIpc) is 2.66. The first-order valence-corrected chi connectivity index (χ1v) is 5.17. The van der Waals surface area contributed by atoms with E-state index in [0.29, 0.717) is 6.61 Å². The van der Waals surface area contributed by atoms with Crippen LogP contribution in [0.15, 0.2) is 0 Å². The van der Waals surface area contributed by atoms with E-state index in [9.17, 15) is 9.90 Å². The summed E-state index contributed by atoms with van der Waals surface area (Å²) in [7, 11) is 0. The summed E-state index contributed by atoms with van der Waals surface area (Å²) in [6, 6.07) is 0. The molecule has 0 saturated carbocycles. The van der Waals surface area contributed by atoms with E-state index in [4.69, 9.17) is 4.74 Å². The van der Waals surface area contributed by atoms with Crippen molar-refractivity contribution in [1.82, 2.24) is 4.90 Å². The van der Waals surface area contributed by atoms with Gasteiger partial charge in [0.05, 0.1) is 6.61 Å². The first-order chi connectivity index (χ1) is 6.61. The van der Waals surface area contributed by atoms with Crippen LogP contribution in [-0.2, 0) is 9.53 Å². The fourth-order valence-electron chi connectivity index (χ4n) is 1.80. The third-order valence-corrected chi connectivity index (χ3v) is 2.85. The third kappa shape index (κ3) is 2.25. The fourth-order valence-corrected chi connectivity index (χ4v) is 1.80. The maximum absolute atomic E-state index is 11.2. The van der Waals surface area contributed by atoms with E-state index in [1.165, 1.54) is 0 Å². The van der Waals surface area contributed by atoms with Crippen molar-refractivity contribution in [2.75, 3.05) is 26.3 Å². The van der Waals surface area contributed by atoms with Gasteiger partial charge in [0, 0.05) is 6.61 Å². The largest absolute Gasteiger partial charge is 0.480 e. The summed E-state index contributed by atoms with van der Waals surface area (Å²) in [6.45, 7) is 6.21.